The van der Waals surface area contributed by atoms with E-state index < -0.39 is 0 Å². The number of ether oxygens (including phenoxy) is 1. The number of esters is 1. The van der Waals surface area contributed by atoms with Crippen LogP contribution in [0.15, 0.2) is 12.2 Å². The van der Waals surface area contributed by atoms with Gasteiger partial charge >= 0.3 is 5.97 Å². The van der Waals surface area contributed by atoms with E-state index in [2.05, 4.69) is 57.9 Å². The number of amides is 1. The molecule has 7 fully saturated rings. The molecule has 0 aromatic rings. The van der Waals surface area contributed by atoms with E-state index in [1.807, 2.05) is 0 Å². The summed E-state index contributed by atoms with van der Waals surface area (Å²) >= 11 is 0. The normalized spacial score (nSPS) is 48.2. The lowest BCUT2D eigenvalue weighted by Gasteiger charge is -2.73. The van der Waals surface area contributed by atoms with Gasteiger partial charge in [-0.05, 0) is 156 Å². The van der Waals surface area contributed by atoms with E-state index >= 15 is 4.79 Å². The fourth-order valence-corrected chi connectivity index (χ4v) is 14.7. The van der Waals surface area contributed by atoms with Crippen LogP contribution in [0.3, 0.4) is 0 Å². The van der Waals surface area contributed by atoms with Crippen molar-refractivity contribution in [3.63, 3.8) is 0 Å². The van der Waals surface area contributed by atoms with Crippen LogP contribution in [0.4, 0.5) is 0 Å². The fourth-order valence-electron chi connectivity index (χ4n) is 14.7. The summed E-state index contributed by atoms with van der Waals surface area (Å²) in [4.78, 5) is 32.3. The van der Waals surface area contributed by atoms with Crippen molar-refractivity contribution in [1.29, 1.82) is 0 Å². The van der Waals surface area contributed by atoms with Gasteiger partial charge in [0.05, 0.1) is 5.41 Å². The number of fused-ring (bicyclic) bond motifs is 7. The number of hydrogen-bond donors (Lipinski definition) is 0. The van der Waals surface area contributed by atoms with Crippen molar-refractivity contribution in [3.8, 4) is 0 Å². The van der Waals surface area contributed by atoms with Gasteiger partial charge in [0.1, 0.15) is 6.10 Å². The molecule has 0 radical (unpaired) electrons. The van der Waals surface area contributed by atoms with E-state index in [1.54, 1.807) is 6.92 Å². The molecule has 7 rings (SSSR count). The van der Waals surface area contributed by atoms with E-state index in [9.17, 15) is 4.79 Å². The molecule has 0 N–H and O–H groups in total. The average Bonchev–Trinajstić information content (AvgIpc) is 3.75. The standard InChI is InChI=1S/C41H66N2O3/c1-27(2)30-15-20-41(36(45)43-25-11-12-29(43)26-42-23-9-10-24-42)22-21-39(7)31(35(30)41)13-14-33-38(6)18-17-34(46-28(3)44)37(4,5)32(38)16-19-40(33,39)8/h29-35H,1,9-26H2,2-8H3/t29-,30-,31+,32-,33+,34-,35+,38-,39+,40+,41-/m0/s1. The average molecular weight is 635 g/mol. The number of carbonyl (C=O) groups is 2. The molecular formula is C41H66N2O3. The Balaban J connectivity index is 1.20. The van der Waals surface area contributed by atoms with Crippen molar-refractivity contribution in [2.75, 3.05) is 26.2 Å². The molecule has 1 amide bonds. The third-order valence-electron chi connectivity index (χ3n) is 17.0. The molecule has 2 saturated heterocycles. The predicted octanol–water partition coefficient (Wildman–Crippen LogP) is 8.66. The van der Waals surface area contributed by atoms with Gasteiger partial charge in [-0.25, -0.2) is 0 Å². The Bertz CT molecular complexity index is 1240. The van der Waals surface area contributed by atoms with Crippen LogP contribution >= 0.6 is 0 Å². The zero-order valence-electron chi connectivity index (χ0n) is 30.6. The van der Waals surface area contributed by atoms with Gasteiger partial charge in [-0.1, -0.05) is 46.8 Å². The molecule has 11 atom stereocenters. The monoisotopic (exact) mass is 635 g/mol. The smallest absolute Gasteiger partial charge is 0.302 e. The predicted molar refractivity (Wildman–Crippen MR) is 185 cm³/mol. The van der Waals surface area contributed by atoms with Crippen molar-refractivity contribution in [3.05, 3.63) is 12.2 Å². The largest absolute Gasteiger partial charge is 0.462 e. The maximum absolute atomic E-state index is 15.2. The number of hydrogen-bond acceptors (Lipinski definition) is 4. The first-order valence-corrected chi connectivity index (χ1v) is 19.5. The Hall–Kier alpha value is -1.36. The highest BCUT2D eigenvalue weighted by atomic mass is 16.5. The summed E-state index contributed by atoms with van der Waals surface area (Å²) in [6.07, 6.45) is 16.7. The van der Waals surface area contributed by atoms with Crippen molar-refractivity contribution in [2.45, 2.75) is 151 Å². The topological polar surface area (TPSA) is 49.9 Å². The Morgan fingerprint density at radius 2 is 1.50 bits per heavy atom. The van der Waals surface area contributed by atoms with Crippen LogP contribution in [0.1, 0.15) is 138 Å². The second-order valence-electron chi connectivity index (χ2n) is 19.1. The van der Waals surface area contributed by atoms with E-state index in [-0.39, 0.29) is 39.1 Å². The summed E-state index contributed by atoms with van der Waals surface area (Å²) in [6, 6.07) is 0.409. The maximum atomic E-state index is 15.2. The van der Waals surface area contributed by atoms with Crippen LogP contribution in [0.5, 0.6) is 0 Å². The maximum Gasteiger partial charge on any atom is 0.302 e. The second kappa shape index (κ2) is 11.3. The molecule has 7 aliphatic rings. The number of nitrogens with zero attached hydrogens (tertiary/aromatic N) is 2. The van der Waals surface area contributed by atoms with Gasteiger partial charge in [-0.2, -0.15) is 0 Å². The first-order valence-electron chi connectivity index (χ1n) is 19.5. The molecule has 5 aliphatic carbocycles. The lowest BCUT2D eigenvalue weighted by molar-refractivity contribution is -0.249. The van der Waals surface area contributed by atoms with Crippen LogP contribution in [-0.4, -0.2) is 60.0 Å². The van der Waals surface area contributed by atoms with Crippen LogP contribution in [0.25, 0.3) is 0 Å². The molecule has 46 heavy (non-hydrogen) atoms. The summed E-state index contributed by atoms with van der Waals surface area (Å²) in [5.74, 6) is 3.14. The molecule has 5 nitrogen and oxygen atoms in total. The Kier molecular flexibility index (Phi) is 8.17. The summed E-state index contributed by atoms with van der Waals surface area (Å²) < 4.78 is 5.98. The van der Waals surface area contributed by atoms with Gasteiger partial charge in [0.15, 0.2) is 0 Å². The van der Waals surface area contributed by atoms with Crippen molar-refractivity contribution >= 4 is 11.9 Å². The number of rotatable bonds is 5. The lowest BCUT2D eigenvalue weighted by atomic mass is 9.32. The summed E-state index contributed by atoms with van der Waals surface area (Å²) in [7, 11) is 0. The van der Waals surface area contributed by atoms with Crippen molar-refractivity contribution < 1.29 is 14.3 Å². The Morgan fingerprint density at radius 3 is 2.20 bits per heavy atom. The van der Waals surface area contributed by atoms with Gasteiger partial charge in [-0.3, -0.25) is 9.59 Å². The van der Waals surface area contributed by atoms with Gasteiger partial charge in [-0.15, -0.1) is 0 Å². The van der Waals surface area contributed by atoms with Gasteiger partial charge in [0.2, 0.25) is 5.91 Å². The number of allylic oxidation sites excluding steroid dienone is 1. The van der Waals surface area contributed by atoms with Crippen LogP contribution in [0, 0.1) is 56.7 Å². The van der Waals surface area contributed by atoms with Crippen molar-refractivity contribution in [1.82, 2.24) is 9.80 Å². The van der Waals surface area contributed by atoms with Gasteiger partial charge < -0.3 is 14.5 Å². The lowest BCUT2D eigenvalue weighted by Crippen LogP contribution is -2.67. The molecule has 5 saturated carbocycles. The quantitative estimate of drug-likeness (QED) is 0.224. The molecule has 0 aromatic carbocycles. The van der Waals surface area contributed by atoms with Gasteiger partial charge in [0.25, 0.3) is 0 Å². The Morgan fingerprint density at radius 1 is 0.761 bits per heavy atom. The van der Waals surface area contributed by atoms with E-state index in [4.69, 9.17) is 4.74 Å². The minimum atomic E-state index is -0.199. The third-order valence-corrected chi connectivity index (χ3v) is 17.0. The third kappa shape index (κ3) is 4.61. The number of likely N-dealkylation sites (tertiary alicyclic amines) is 2. The van der Waals surface area contributed by atoms with Crippen LogP contribution < -0.4 is 0 Å². The number of carbonyl (C=O) groups excluding carboxylic acids is 2. The van der Waals surface area contributed by atoms with E-state index in [0.29, 0.717) is 41.5 Å². The van der Waals surface area contributed by atoms with Gasteiger partial charge in [0, 0.05) is 31.5 Å². The molecule has 2 heterocycles. The second-order valence-corrected chi connectivity index (χ2v) is 19.1. The summed E-state index contributed by atoms with van der Waals surface area (Å²) in [5, 5.41) is 0. The molecule has 0 bridgehead atoms. The van der Waals surface area contributed by atoms with Crippen molar-refractivity contribution in [2.24, 2.45) is 56.7 Å². The zero-order valence-corrected chi connectivity index (χ0v) is 30.6. The highest BCUT2D eigenvalue weighted by molar-refractivity contribution is 5.84. The molecule has 2 aliphatic heterocycles. The summed E-state index contributed by atoms with van der Waals surface area (Å²) in [5.41, 5.74) is 1.86. The molecule has 5 heteroatoms. The molecule has 0 spiro atoms. The molecule has 0 aromatic heterocycles. The summed E-state index contributed by atoms with van der Waals surface area (Å²) in [6.45, 7) is 25.7. The fraction of sp³-hybridized carbons (Fsp3) is 0.902. The van der Waals surface area contributed by atoms with Crippen LogP contribution in [0.2, 0.25) is 0 Å². The highest BCUT2D eigenvalue weighted by Crippen LogP contribution is 2.77. The zero-order chi connectivity index (χ0) is 32.9. The molecule has 258 valence electrons. The highest BCUT2D eigenvalue weighted by Gasteiger charge is 2.72. The molecular weight excluding hydrogens is 568 g/mol. The van der Waals surface area contributed by atoms with E-state index in [1.165, 1.54) is 76.5 Å². The molecule has 0 unspecified atom stereocenters. The Labute approximate surface area is 281 Å². The minimum Gasteiger partial charge on any atom is -0.462 e. The SMILES string of the molecule is C=C(C)[C@@H]1CC[C@]2(C(=O)N3CCC[C@H]3CN3CCCC3)CC[C@]3(C)[C@H](CC[C@@H]4[C@@]5(C)CC[C@H](OC(C)=O)C(C)(C)[C@@H]5CC[C@]43C)[C@@H]12. The first-order chi connectivity index (χ1) is 21.7. The minimum absolute atomic E-state index is 0.0102. The van der Waals surface area contributed by atoms with E-state index in [0.717, 1.165) is 45.2 Å². The van der Waals surface area contributed by atoms with Crippen LogP contribution in [-0.2, 0) is 14.3 Å². The first kappa shape index (κ1) is 33.2.